The first kappa shape index (κ1) is 27.1. The first-order chi connectivity index (χ1) is 19.7. The van der Waals surface area contributed by atoms with Crippen molar-refractivity contribution in [2.24, 2.45) is 0 Å². The van der Waals surface area contributed by atoms with Gasteiger partial charge in [-0.3, -0.25) is 14.8 Å². The molecule has 1 N–H and O–H groups in total. The summed E-state index contributed by atoms with van der Waals surface area (Å²) >= 11 is 1.66. The molecule has 1 unspecified atom stereocenters. The summed E-state index contributed by atoms with van der Waals surface area (Å²) in [4.78, 5) is 18.4. The Morgan fingerprint density at radius 2 is 1.88 bits per heavy atom. The molecule has 40 heavy (non-hydrogen) atoms. The molecule has 7 nitrogen and oxygen atoms in total. The van der Waals surface area contributed by atoms with Crippen molar-refractivity contribution >= 4 is 28.0 Å². The molecule has 0 radical (unpaired) electrons. The molecule has 210 valence electrons. The van der Waals surface area contributed by atoms with Crippen LogP contribution < -0.4 is 4.74 Å². The molecule has 0 amide bonds. The molecule has 0 saturated carbocycles. The molecule has 0 aliphatic carbocycles. The molecule has 4 aromatic rings. The molecule has 2 aromatic heterocycles. The van der Waals surface area contributed by atoms with E-state index in [1.54, 1.807) is 18.4 Å². The quantitative estimate of drug-likeness (QED) is 0.254. The van der Waals surface area contributed by atoms with E-state index in [-0.39, 0.29) is 17.9 Å². The number of ketones is 1. The van der Waals surface area contributed by atoms with Crippen molar-refractivity contribution in [2.75, 3.05) is 46.4 Å². The second-order valence-electron chi connectivity index (χ2n) is 11.0. The highest BCUT2D eigenvalue weighted by molar-refractivity contribution is 7.08. The van der Waals surface area contributed by atoms with Gasteiger partial charge in [0.25, 0.3) is 0 Å². The number of aromatic amines is 1. The van der Waals surface area contributed by atoms with Crippen LogP contribution in [0.2, 0.25) is 0 Å². The van der Waals surface area contributed by atoms with Crippen LogP contribution in [0.1, 0.15) is 42.9 Å². The highest BCUT2D eigenvalue weighted by Gasteiger charge is 2.30. The third-order valence-electron chi connectivity index (χ3n) is 8.25. The van der Waals surface area contributed by atoms with Crippen LogP contribution in [0.4, 0.5) is 0 Å². The van der Waals surface area contributed by atoms with Crippen molar-refractivity contribution < 1.29 is 14.3 Å². The lowest BCUT2D eigenvalue weighted by atomic mass is 9.97. The van der Waals surface area contributed by atoms with Gasteiger partial charge in [0.1, 0.15) is 11.9 Å². The summed E-state index contributed by atoms with van der Waals surface area (Å²) in [6, 6.07) is 16.4. The second-order valence-corrected chi connectivity index (χ2v) is 11.8. The lowest BCUT2D eigenvalue weighted by Crippen LogP contribution is -2.39. The molecule has 1 atom stereocenters. The van der Waals surface area contributed by atoms with E-state index in [0.717, 1.165) is 104 Å². The molecule has 6 rings (SSSR count). The number of carbonyl (C=O) groups is 1. The van der Waals surface area contributed by atoms with Crippen molar-refractivity contribution in [2.45, 2.75) is 44.2 Å². The Morgan fingerprint density at radius 1 is 1.07 bits per heavy atom. The summed E-state index contributed by atoms with van der Waals surface area (Å²) < 4.78 is 11.5. The van der Waals surface area contributed by atoms with Gasteiger partial charge in [0.2, 0.25) is 0 Å². The van der Waals surface area contributed by atoms with Gasteiger partial charge in [0.05, 0.1) is 23.9 Å². The maximum Gasteiger partial charge on any atom is 0.158 e. The van der Waals surface area contributed by atoms with E-state index in [4.69, 9.17) is 9.47 Å². The zero-order valence-electron chi connectivity index (χ0n) is 23.2. The Balaban J connectivity index is 1.13. The minimum atomic E-state index is -0.154. The average Bonchev–Trinajstić information content (AvgIpc) is 3.77. The fourth-order valence-corrected chi connectivity index (χ4v) is 6.75. The van der Waals surface area contributed by atoms with Crippen molar-refractivity contribution in [3.63, 3.8) is 0 Å². The Hall–Kier alpha value is -3.04. The van der Waals surface area contributed by atoms with Crippen molar-refractivity contribution in [1.29, 1.82) is 0 Å². The molecular weight excluding hydrogens is 520 g/mol. The standard InChI is InChI=1S/C32H38N4O3S/c1-38-18-17-35-15-10-27(11-16-35)39-26-7-5-24(6-8-26)31-28-20-23(4-9-29(28)33-34-31)21-30(37)32(25-12-19-40-22-25)36-13-2-3-14-36/h4-9,12,19-20,22,27,32H,2-3,10-11,13-18,21H2,1H3,(H,33,34). The zero-order valence-corrected chi connectivity index (χ0v) is 24.0. The first-order valence-corrected chi connectivity index (χ1v) is 15.4. The topological polar surface area (TPSA) is 70.7 Å². The van der Waals surface area contributed by atoms with E-state index in [1.165, 1.54) is 0 Å². The summed E-state index contributed by atoms with van der Waals surface area (Å²) in [7, 11) is 1.75. The number of fused-ring (bicyclic) bond motifs is 1. The van der Waals surface area contributed by atoms with Gasteiger partial charge in [0.15, 0.2) is 5.78 Å². The fraction of sp³-hybridized carbons (Fsp3) is 0.438. The molecule has 2 aliphatic rings. The van der Waals surface area contributed by atoms with E-state index in [0.29, 0.717) is 6.42 Å². The monoisotopic (exact) mass is 558 g/mol. The molecule has 4 heterocycles. The Labute approximate surface area is 240 Å². The Bertz CT molecular complexity index is 1390. The average molecular weight is 559 g/mol. The number of Topliss-reactive ketones (excluding diaryl/α,β-unsaturated/α-hetero) is 1. The first-order valence-electron chi connectivity index (χ1n) is 14.4. The number of methoxy groups -OCH3 is 1. The molecule has 2 aliphatic heterocycles. The van der Waals surface area contributed by atoms with Gasteiger partial charge in [0, 0.05) is 44.1 Å². The van der Waals surface area contributed by atoms with Gasteiger partial charge in [-0.25, -0.2) is 0 Å². The highest BCUT2D eigenvalue weighted by atomic mass is 32.1. The number of nitrogens with zero attached hydrogens (tertiary/aromatic N) is 3. The van der Waals surface area contributed by atoms with Crippen LogP contribution >= 0.6 is 11.3 Å². The summed E-state index contributed by atoms with van der Waals surface area (Å²) in [6.45, 7) is 5.83. The van der Waals surface area contributed by atoms with Crippen LogP contribution in [0.25, 0.3) is 22.2 Å². The summed E-state index contributed by atoms with van der Waals surface area (Å²) in [6.07, 6.45) is 5.04. The molecule has 0 spiro atoms. The number of hydrogen-bond acceptors (Lipinski definition) is 7. The maximum absolute atomic E-state index is 13.6. The van der Waals surface area contributed by atoms with Crippen LogP contribution in [0.15, 0.2) is 59.3 Å². The number of carbonyl (C=O) groups excluding carboxylic acids is 1. The SMILES string of the molecule is COCCN1CCC(Oc2ccc(-c3n[nH]c4ccc(CC(=O)C(c5ccsc5)N5CCCC5)cc34)cc2)CC1. The third-order valence-corrected chi connectivity index (χ3v) is 8.95. The van der Waals surface area contributed by atoms with Crippen molar-refractivity contribution in [1.82, 2.24) is 20.0 Å². The Kier molecular flexibility index (Phi) is 8.58. The molecule has 2 fully saturated rings. The smallest absolute Gasteiger partial charge is 0.158 e. The molecule has 2 saturated heterocycles. The van der Waals surface area contributed by atoms with Crippen molar-refractivity contribution in [3.8, 4) is 17.0 Å². The number of nitrogens with one attached hydrogen (secondary N) is 1. The molecule has 8 heteroatoms. The normalized spacial score (nSPS) is 17.9. The van der Waals surface area contributed by atoms with Gasteiger partial charge in [-0.15, -0.1) is 0 Å². The van der Waals surface area contributed by atoms with Gasteiger partial charge >= 0.3 is 0 Å². The lowest BCUT2D eigenvalue weighted by Gasteiger charge is -2.31. The van der Waals surface area contributed by atoms with Crippen LogP contribution in [-0.4, -0.2) is 78.3 Å². The summed E-state index contributed by atoms with van der Waals surface area (Å²) in [5, 5.41) is 13.0. The van der Waals surface area contributed by atoms with Gasteiger partial charge in [-0.2, -0.15) is 16.4 Å². The summed E-state index contributed by atoms with van der Waals surface area (Å²) in [5.41, 5.74) is 5.05. The molecule has 2 aromatic carbocycles. The molecule has 0 bridgehead atoms. The predicted octanol–water partition coefficient (Wildman–Crippen LogP) is 5.73. The van der Waals surface area contributed by atoms with Gasteiger partial charge in [-0.05, 0) is 103 Å². The van der Waals surface area contributed by atoms with Crippen LogP contribution in [0, 0.1) is 0 Å². The second kappa shape index (κ2) is 12.6. The number of hydrogen-bond donors (Lipinski definition) is 1. The number of rotatable bonds is 11. The van der Waals surface area contributed by atoms with E-state index >= 15 is 0 Å². The largest absolute Gasteiger partial charge is 0.490 e. The highest BCUT2D eigenvalue weighted by Crippen LogP contribution is 2.32. The summed E-state index contributed by atoms with van der Waals surface area (Å²) in [5.74, 6) is 1.15. The number of aromatic nitrogens is 2. The van der Waals surface area contributed by atoms with E-state index in [1.807, 2.05) is 24.3 Å². The van der Waals surface area contributed by atoms with Crippen LogP contribution in [0.3, 0.4) is 0 Å². The Morgan fingerprint density at radius 3 is 2.60 bits per heavy atom. The van der Waals surface area contributed by atoms with E-state index < -0.39 is 0 Å². The van der Waals surface area contributed by atoms with Gasteiger partial charge in [-0.1, -0.05) is 6.07 Å². The number of benzene rings is 2. The van der Waals surface area contributed by atoms with Crippen molar-refractivity contribution in [3.05, 3.63) is 70.4 Å². The number of ether oxygens (including phenoxy) is 2. The number of likely N-dealkylation sites (tertiary alicyclic amines) is 2. The van der Waals surface area contributed by atoms with Gasteiger partial charge < -0.3 is 14.4 Å². The minimum Gasteiger partial charge on any atom is -0.490 e. The minimum absolute atomic E-state index is 0.154. The number of thiophene rings is 1. The van der Waals surface area contributed by atoms with Crippen LogP contribution in [0.5, 0.6) is 5.75 Å². The fourth-order valence-electron chi connectivity index (χ4n) is 6.07. The third kappa shape index (κ3) is 6.15. The van der Waals surface area contributed by atoms with E-state index in [9.17, 15) is 4.79 Å². The predicted molar refractivity (Wildman–Crippen MR) is 160 cm³/mol. The molecular formula is C32H38N4O3S. The maximum atomic E-state index is 13.6. The lowest BCUT2D eigenvalue weighted by molar-refractivity contribution is -0.123. The van der Waals surface area contributed by atoms with E-state index in [2.05, 4.69) is 55.0 Å². The number of H-pyrrole nitrogens is 1. The number of piperidine rings is 1. The zero-order chi connectivity index (χ0) is 27.3. The van der Waals surface area contributed by atoms with Crippen LogP contribution in [-0.2, 0) is 16.0 Å².